The normalized spacial score (nSPS) is 19.8. The van der Waals surface area contributed by atoms with Crippen LogP contribution in [0.15, 0.2) is 24.4 Å². The van der Waals surface area contributed by atoms with Gasteiger partial charge in [0.1, 0.15) is 11.6 Å². The molecule has 0 unspecified atom stereocenters. The number of carbonyl (C=O) groups excluding carboxylic acids is 1. The standard InChI is InChI=1S/C20H23ClN4O2/c1-24-7-6-17-14(11-24)10-22-19(23-17)13-5-8-25(12-13)20(26)16-9-15(21)3-4-18(16)27-2/h3-4,9-10,13H,5-8,11-12H2,1-2H3/t13-/m1/s1. The van der Waals surface area contributed by atoms with Gasteiger partial charge in [0.15, 0.2) is 0 Å². The van der Waals surface area contributed by atoms with E-state index in [1.165, 1.54) is 5.56 Å². The zero-order valence-electron chi connectivity index (χ0n) is 15.6. The molecule has 6 nitrogen and oxygen atoms in total. The topological polar surface area (TPSA) is 58.6 Å². The molecule has 0 bridgehead atoms. The number of nitrogens with zero attached hydrogens (tertiary/aromatic N) is 4. The van der Waals surface area contributed by atoms with Crippen LogP contribution in [0.4, 0.5) is 0 Å². The number of rotatable bonds is 3. The van der Waals surface area contributed by atoms with E-state index in [-0.39, 0.29) is 11.8 Å². The van der Waals surface area contributed by atoms with Crippen LogP contribution < -0.4 is 4.74 Å². The number of benzene rings is 1. The monoisotopic (exact) mass is 386 g/mol. The Morgan fingerprint density at radius 3 is 3.00 bits per heavy atom. The van der Waals surface area contributed by atoms with Gasteiger partial charge in [-0.05, 0) is 31.7 Å². The van der Waals surface area contributed by atoms with Crippen molar-refractivity contribution in [2.24, 2.45) is 0 Å². The molecule has 2 aromatic rings. The Balaban J connectivity index is 1.51. The van der Waals surface area contributed by atoms with Gasteiger partial charge >= 0.3 is 0 Å². The minimum Gasteiger partial charge on any atom is -0.496 e. The van der Waals surface area contributed by atoms with Gasteiger partial charge in [0.2, 0.25) is 0 Å². The molecule has 0 spiro atoms. The predicted molar refractivity (Wildman–Crippen MR) is 103 cm³/mol. The Bertz CT molecular complexity index is 873. The van der Waals surface area contributed by atoms with Crippen LogP contribution in [0.1, 0.15) is 39.8 Å². The largest absolute Gasteiger partial charge is 0.496 e. The molecule has 0 N–H and O–H groups in total. The first-order chi connectivity index (χ1) is 13.0. The van der Waals surface area contributed by atoms with Gasteiger partial charge in [-0.1, -0.05) is 11.6 Å². The summed E-state index contributed by atoms with van der Waals surface area (Å²) in [4.78, 5) is 26.5. The zero-order valence-corrected chi connectivity index (χ0v) is 16.4. The number of likely N-dealkylation sites (tertiary alicyclic amines) is 1. The Morgan fingerprint density at radius 2 is 2.19 bits per heavy atom. The summed E-state index contributed by atoms with van der Waals surface area (Å²) in [6.07, 6.45) is 3.78. The van der Waals surface area contributed by atoms with Crippen molar-refractivity contribution < 1.29 is 9.53 Å². The lowest BCUT2D eigenvalue weighted by Gasteiger charge is -2.24. The molecule has 1 fully saturated rings. The maximum Gasteiger partial charge on any atom is 0.257 e. The second-order valence-corrected chi connectivity index (χ2v) is 7.71. The highest BCUT2D eigenvalue weighted by Gasteiger charge is 2.31. The van der Waals surface area contributed by atoms with Crippen LogP contribution >= 0.6 is 11.6 Å². The highest BCUT2D eigenvalue weighted by atomic mass is 35.5. The maximum absolute atomic E-state index is 13.0. The van der Waals surface area contributed by atoms with E-state index in [0.717, 1.165) is 37.4 Å². The van der Waals surface area contributed by atoms with Crippen LogP contribution in [0, 0.1) is 0 Å². The number of fused-ring (bicyclic) bond motifs is 1. The molecule has 1 atom stereocenters. The van der Waals surface area contributed by atoms with E-state index in [9.17, 15) is 4.79 Å². The molecule has 0 aliphatic carbocycles. The fourth-order valence-corrected chi connectivity index (χ4v) is 4.01. The number of carbonyl (C=O) groups is 1. The van der Waals surface area contributed by atoms with Crippen LogP contribution in [0.25, 0.3) is 0 Å². The lowest BCUT2D eigenvalue weighted by molar-refractivity contribution is 0.0787. The summed E-state index contributed by atoms with van der Waals surface area (Å²) < 4.78 is 5.33. The van der Waals surface area contributed by atoms with Gasteiger partial charge in [0.25, 0.3) is 5.91 Å². The maximum atomic E-state index is 13.0. The number of amides is 1. The van der Waals surface area contributed by atoms with Gasteiger partial charge in [0.05, 0.1) is 12.7 Å². The third-order valence-corrected chi connectivity index (χ3v) is 5.61. The van der Waals surface area contributed by atoms with E-state index >= 15 is 0 Å². The number of methoxy groups -OCH3 is 1. The third-order valence-electron chi connectivity index (χ3n) is 5.38. The Kier molecular flexibility index (Phi) is 5.02. The molecule has 27 heavy (non-hydrogen) atoms. The quantitative estimate of drug-likeness (QED) is 0.811. The van der Waals surface area contributed by atoms with Gasteiger partial charge in [-0.2, -0.15) is 0 Å². The average Bonchev–Trinajstić information content (AvgIpc) is 3.17. The fraction of sp³-hybridized carbons (Fsp3) is 0.450. The molecular weight excluding hydrogens is 364 g/mol. The van der Waals surface area contributed by atoms with Gasteiger partial charge in [-0.15, -0.1) is 0 Å². The number of hydrogen-bond donors (Lipinski definition) is 0. The van der Waals surface area contributed by atoms with E-state index < -0.39 is 0 Å². The summed E-state index contributed by atoms with van der Waals surface area (Å²) in [5, 5.41) is 0.526. The number of halogens is 1. The Hall–Kier alpha value is -2.18. The molecule has 3 heterocycles. The molecule has 0 saturated carbocycles. The SMILES string of the molecule is COc1ccc(Cl)cc1C(=O)N1CC[C@@H](c2ncc3c(n2)CCN(C)C3)C1. The molecule has 1 aromatic heterocycles. The third kappa shape index (κ3) is 3.64. The minimum atomic E-state index is -0.0589. The number of ether oxygens (including phenoxy) is 1. The van der Waals surface area contributed by atoms with E-state index in [1.807, 2.05) is 11.1 Å². The summed E-state index contributed by atoms with van der Waals surface area (Å²) in [5.41, 5.74) is 2.86. The first-order valence-corrected chi connectivity index (χ1v) is 9.59. The van der Waals surface area contributed by atoms with Gasteiger partial charge in [-0.3, -0.25) is 4.79 Å². The summed E-state index contributed by atoms with van der Waals surface area (Å²) in [6, 6.07) is 5.12. The molecule has 2 aliphatic heterocycles. The van der Waals surface area contributed by atoms with Crippen molar-refractivity contribution >= 4 is 17.5 Å². The minimum absolute atomic E-state index is 0.0589. The summed E-state index contributed by atoms with van der Waals surface area (Å²) in [5.74, 6) is 1.51. The Labute approximate surface area is 164 Å². The predicted octanol–water partition coefficient (Wildman–Crippen LogP) is 2.76. The van der Waals surface area contributed by atoms with Crippen molar-refractivity contribution in [2.75, 3.05) is 33.8 Å². The number of likely N-dealkylation sites (N-methyl/N-ethyl adjacent to an activating group) is 1. The lowest BCUT2D eigenvalue weighted by Crippen LogP contribution is -2.30. The smallest absolute Gasteiger partial charge is 0.257 e. The zero-order chi connectivity index (χ0) is 19.0. The second-order valence-electron chi connectivity index (χ2n) is 7.27. The molecule has 1 saturated heterocycles. The van der Waals surface area contributed by atoms with Crippen molar-refractivity contribution in [3.8, 4) is 5.75 Å². The van der Waals surface area contributed by atoms with Crippen LogP contribution in [-0.4, -0.2) is 59.5 Å². The summed E-state index contributed by atoms with van der Waals surface area (Å²) >= 11 is 6.08. The lowest BCUT2D eigenvalue weighted by atomic mass is 10.1. The van der Waals surface area contributed by atoms with E-state index in [2.05, 4.69) is 16.9 Å². The van der Waals surface area contributed by atoms with Crippen LogP contribution in [0.5, 0.6) is 5.75 Å². The molecule has 1 aromatic carbocycles. The molecule has 1 amide bonds. The van der Waals surface area contributed by atoms with Gasteiger partial charge < -0.3 is 14.5 Å². The Morgan fingerprint density at radius 1 is 1.33 bits per heavy atom. The molecule has 0 radical (unpaired) electrons. The highest BCUT2D eigenvalue weighted by Crippen LogP contribution is 2.30. The van der Waals surface area contributed by atoms with Gasteiger partial charge in [-0.25, -0.2) is 9.97 Å². The number of aromatic nitrogens is 2. The van der Waals surface area contributed by atoms with Crippen molar-refractivity contribution in [3.63, 3.8) is 0 Å². The molecule has 142 valence electrons. The summed E-state index contributed by atoms with van der Waals surface area (Å²) in [7, 11) is 3.67. The average molecular weight is 387 g/mol. The van der Waals surface area contributed by atoms with E-state index in [4.69, 9.17) is 21.3 Å². The van der Waals surface area contributed by atoms with Crippen molar-refractivity contribution in [1.82, 2.24) is 19.8 Å². The van der Waals surface area contributed by atoms with Crippen molar-refractivity contribution in [1.29, 1.82) is 0 Å². The van der Waals surface area contributed by atoms with Crippen LogP contribution in [0.3, 0.4) is 0 Å². The molecular formula is C20H23ClN4O2. The van der Waals surface area contributed by atoms with E-state index in [1.54, 1.807) is 25.3 Å². The molecule has 7 heteroatoms. The summed E-state index contributed by atoms with van der Waals surface area (Å²) in [6.45, 7) is 3.22. The molecule has 4 rings (SSSR count). The van der Waals surface area contributed by atoms with Crippen molar-refractivity contribution in [3.05, 3.63) is 52.1 Å². The first kappa shape index (κ1) is 18.2. The highest BCUT2D eigenvalue weighted by molar-refractivity contribution is 6.31. The number of hydrogen-bond acceptors (Lipinski definition) is 5. The fourth-order valence-electron chi connectivity index (χ4n) is 3.84. The van der Waals surface area contributed by atoms with Crippen LogP contribution in [-0.2, 0) is 13.0 Å². The first-order valence-electron chi connectivity index (χ1n) is 9.21. The van der Waals surface area contributed by atoms with Gasteiger partial charge in [0, 0.05) is 61.0 Å². The second kappa shape index (κ2) is 7.44. The molecule has 2 aliphatic rings. The van der Waals surface area contributed by atoms with Crippen molar-refractivity contribution in [2.45, 2.75) is 25.3 Å². The van der Waals surface area contributed by atoms with Crippen LogP contribution in [0.2, 0.25) is 5.02 Å². The van der Waals surface area contributed by atoms with E-state index in [0.29, 0.717) is 29.4 Å².